The Labute approximate surface area is 107 Å². The molecular weight excluding hydrogens is 226 g/mol. The van der Waals surface area contributed by atoms with Crippen molar-refractivity contribution in [2.45, 2.75) is 20.4 Å². The molecule has 2 heterocycles. The van der Waals surface area contributed by atoms with Crippen LogP contribution in [-0.2, 0) is 6.54 Å². The number of aryl methyl sites for hydroxylation is 1. The van der Waals surface area contributed by atoms with E-state index in [4.69, 9.17) is 4.74 Å². The van der Waals surface area contributed by atoms with Gasteiger partial charge in [0.05, 0.1) is 24.5 Å². The predicted molar refractivity (Wildman–Crippen MR) is 71.7 cm³/mol. The quantitative estimate of drug-likeness (QED) is 0.877. The Bertz CT molecular complexity index is 497. The molecule has 0 aliphatic heterocycles. The summed E-state index contributed by atoms with van der Waals surface area (Å²) in [6, 6.07) is 7.90. The maximum Gasteiger partial charge on any atom is 0.237 e. The van der Waals surface area contributed by atoms with E-state index in [2.05, 4.69) is 21.4 Å². The maximum absolute atomic E-state index is 5.45. The normalized spacial score (nSPS) is 10.1. The summed E-state index contributed by atoms with van der Waals surface area (Å²) in [5, 5.41) is 3.28. The zero-order valence-corrected chi connectivity index (χ0v) is 10.7. The zero-order chi connectivity index (χ0) is 12.8. The van der Waals surface area contributed by atoms with Crippen LogP contribution in [0.15, 0.2) is 36.7 Å². The maximum atomic E-state index is 5.45. The van der Waals surface area contributed by atoms with Crippen LogP contribution >= 0.6 is 0 Å². The Hall–Kier alpha value is -2.10. The van der Waals surface area contributed by atoms with Gasteiger partial charge in [-0.15, -0.1) is 0 Å². The monoisotopic (exact) mass is 243 g/mol. The second kappa shape index (κ2) is 6.00. The average molecular weight is 243 g/mol. The molecule has 4 heteroatoms. The van der Waals surface area contributed by atoms with Crippen LogP contribution < -0.4 is 10.1 Å². The van der Waals surface area contributed by atoms with E-state index in [1.165, 1.54) is 0 Å². The Morgan fingerprint density at radius 1 is 1.22 bits per heavy atom. The lowest BCUT2D eigenvalue weighted by Crippen LogP contribution is -2.05. The number of hydrogen-bond donors (Lipinski definition) is 1. The number of pyridine rings is 2. The third kappa shape index (κ3) is 3.20. The number of nitrogens with one attached hydrogen (secondary N) is 1. The number of rotatable bonds is 5. The van der Waals surface area contributed by atoms with Crippen molar-refractivity contribution in [3.63, 3.8) is 0 Å². The lowest BCUT2D eigenvalue weighted by molar-refractivity contribution is 0.328. The molecule has 2 aromatic heterocycles. The molecule has 4 nitrogen and oxygen atoms in total. The highest BCUT2D eigenvalue weighted by atomic mass is 16.5. The summed E-state index contributed by atoms with van der Waals surface area (Å²) in [6.45, 7) is 5.24. The van der Waals surface area contributed by atoms with Gasteiger partial charge in [-0.25, -0.2) is 4.98 Å². The van der Waals surface area contributed by atoms with E-state index >= 15 is 0 Å². The largest absolute Gasteiger partial charge is 0.476 e. The Morgan fingerprint density at radius 2 is 2.11 bits per heavy atom. The van der Waals surface area contributed by atoms with Crippen LogP contribution in [-0.4, -0.2) is 16.6 Å². The highest BCUT2D eigenvalue weighted by Gasteiger charge is 2.03. The van der Waals surface area contributed by atoms with Crippen LogP contribution in [0.5, 0.6) is 5.88 Å². The molecule has 0 aromatic carbocycles. The first kappa shape index (κ1) is 12.4. The van der Waals surface area contributed by atoms with Crippen molar-refractivity contribution in [3.05, 3.63) is 47.9 Å². The minimum absolute atomic E-state index is 0.606. The fourth-order valence-corrected chi connectivity index (χ4v) is 1.57. The summed E-state index contributed by atoms with van der Waals surface area (Å²) in [4.78, 5) is 8.53. The van der Waals surface area contributed by atoms with Crippen LogP contribution in [0.1, 0.15) is 18.2 Å². The second-order valence-electron chi connectivity index (χ2n) is 3.97. The fraction of sp³-hybridized carbons (Fsp3) is 0.286. The predicted octanol–water partition coefficient (Wildman–Crippen LogP) is 2.80. The number of ether oxygens (including phenoxy) is 1. The molecule has 0 spiro atoms. The summed E-state index contributed by atoms with van der Waals surface area (Å²) in [7, 11) is 0. The summed E-state index contributed by atoms with van der Waals surface area (Å²) in [5.41, 5.74) is 3.05. The van der Waals surface area contributed by atoms with Crippen molar-refractivity contribution < 1.29 is 4.74 Å². The van der Waals surface area contributed by atoms with Crippen LogP contribution in [0, 0.1) is 6.92 Å². The van der Waals surface area contributed by atoms with Gasteiger partial charge in [0.15, 0.2) is 0 Å². The number of anilines is 1. The van der Waals surface area contributed by atoms with E-state index in [0.717, 1.165) is 16.9 Å². The highest BCUT2D eigenvalue weighted by molar-refractivity contribution is 5.52. The van der Waals surface area contributed by atoms with Crippen LogP contribution in [0.3, 0.4) is 0 Å². The SMILES string of the molecule is CCOc1ncccc1NCc1ccc(C)cn1. The first-order valence-electron chi connectivity index (χ1n) is 6.03. The topological polar surface area (TPSA) is 47.0 Å². The van der Waals surface area contributed by atoms with E-state index in [1.54, 1.807) is 6.20 Å². The smallest absolute Gasteiger partial charge is 0.237 e. The zero-order valence-electron chi connectivity index (χ0n) is 10.7. The van der Waals surface area contributed by atoms with E-state index in [-0.39, 0.29) is 0 Å². The van der Waals surface area contributed by atoms with Gasteiger partial charge in [-0.2, -0.15) is 0 Å². The fourth-order valence-electron chi connectivity index (χ4n) is 1.57. The van der Waals surface area contributed by atoms with Crippen LogP contribution in [0.4, 0.5) is 5.69 Å². The molecular formula is C14H17N3O. The molecule has 2 rings (SSSR count). The molecule has 0 saturated heterocycles. The summed E-state index contributed by atoms with van der Waals surface area (Å²) in [5.74, 6) is 0.632. The summed E-state index contributed by atoms with van der Waals surface area (Å²) in [6.07, 6.45) is 3.59. The second-order valence-corrected chi connectivity index (χ2v) is 3.97. The van der Waals surface area contributed by atoms with Crippen molar-refractivity contribution in [2.75, 3.05) is 11.9 Å². The van der Waals surface area contributed by atoms with Gasteiger partial charge in [-0.1, -0.05) is 6.07 Å². The summed E-state index contributed by atoms with van der Waals surface area (Å²) >= 11 is 0. The molecule has 0 aliphatic carbocycles. The number of nitrogens with zero attached hydrogens (tertiary/aromatic N) is 2. The Kier molecular flexibility index (Phi) is 4.12. The van der Waals surface area contributed by atoms with Crippen LogP contribution in [0.25, 0.3) is 0 Å². The number of aromatic nitrogens is 2. The van der Waals surface area contributed by atoms with Gasteiger partial charge in [-0.05, 0) is 37.6 Å². The van der Waals surface area contributed by atoms with Gasteiger partial charge in [-0.3, -0.25) is 4.98 Å². The molecule has 0 fully saturated rings. The third-order valence-electron chi connectivity index (χ3n) is 2.48. The first-order chi connectivity index (χ1) is 8.79. The molecule has 18 heavy (non-hydrogen) atoms. The van der Waals surface area contributed by atoms with E-state index in [9.17, 15) is 0 Å². The lowest BCUT2D eigenvalue weighted by atomic mass is 10.2. The molecule has 0 radical (unpaired) electrons. The molecule has 94 valence electrons. The van der Waals surface area contributed by atoms with Gasteiger partial charge >= 0.3 is 0 Å². The first-order valence-corrected chi connectivity index (χ1v) is 6.03. The van der Waals surface area contributed by atoms with Gasteiger partial charge in [0.1, 0.15) is 0 Å². The summed E-state index contributed by atoms with van der Waals surface area (Å²) < 4.78 is 5.45. The van der Waals surface area contributed by atoms with Crippen molar-refractivity contribution >= 4 is 5.69 Å². The average Bonchev–Trinajstić information content (AvgIpc) is 2.40. The molecule has 0 amide bonds. The van der Waals surface area contributed by atoms with E-state index in [1.807, 2.05) is 38.2 Å². The molecule has 0 bridgehead atoms. The van der Waals surface area contributed by atoms with Gasteiger partial charge in [0, 0.05) is 12.4 Å². The van der Waals surface area contributed by atoms with Crippen molar-refractivity contribution in [1.82, 2.24) is 9.97 Å². The van der Waals surface area contributed by atoms with Crippen molar-refractivity contribution in [1.29, 1.82) is 0 Å². The molecule has 1 N–H and O–H groups in total. The van der Waals surface area contributed by atoms with Gasteiger partial charge in [0.2, 0.25) is 5.88 Å². The molecule has 0 atom stereocenters. The molecule has 0 aliphatic rings. The number of hydrogen-bond acceptors (Lipinski definition) is 4. The van der Waals surface area contributed by atoms with Gasteiger partial charge < -0.3 is 10.1 Å². The molecule has 0 saturated carbocycles. The highest BCUT2D eigenvalue weighted by Crippen LogP contribution is 2.20. The lowest BCUT2D eigenvalue weighted by Gasteiger charge is -2.10. The van der Waals surface area contributed by atoms with Crippen molar-refractivity contribution in [2.24, 2.45) is 0 Å². The standard InChI is InChI=1S/C14H17N3O/c1-3-18-14-13(5-4-8-15-14)17-10-12-7-6-11(2)9-16-12/h4-9,17H,3,10H2,1-2H3. The Morgan fingerprint density at radius 3 is 2.83 bits per heavy atom. The third-order valence-corrected chi connectivity index (χ3v) is 2.48. The minimum atomic E-state index is 0.606. The Balaban J connectivity index is 2.03. The molecule has 0 unspecified atom stereocenters. The van der Waals surface area contributed by atoms with Crippen LogP contribution in [0.2, 0.25) is 0 Å². The van der Waals surface area contributed by atoms with E-state index < -0.39 is 0 Å². The van der Waals surface area contributed by atoms with E-state index in [0.29, 0.717) is 19.0 Å². The minimum Gasteiger partial charge on any atom is -0.476 e. The van der Waals surface area contributed by atoms with Crippen molar-refractivity contribution in [3.8, 4) is 5.88 Å². The molecule has 2 aromatic rings. The van der Waals surface area contributed by atoms with Gasteiger partial charge in [0.25, 0.3) is 0 Å².